The van der Waals surface area contributed by atoms with Gasteiger partial charge in [0, 0.05) is 30.2 Å². The maximum absolute atomic E-state index is 13.0. The van der Waals surface area contributed by atoms with Crippen LogP contribution < -0.4 is 9.64 Å². The topological polar surface area (TPSA) is 70.8 Å². The first-order chi connectivity index (χ1) is 16.7. The van der Waals surface area contributed by atoms with Crippen molar-refractivity contribution in [2.75, 3.05) is 31.1 Å². The van der Waals surface area contributed by atoms with Crippen LogP contribution in [0.1, 0.15) is 37.2 Å². The average Bonchev–Trinajstić information content (AvgIpc) is 3.31. The summed E-state index contributed by atoms with van der Waals surface area (Å²) >= 11 is 0. The minimum Gasteiger partial charge on any atom is -0.452 e. The molecule has 1 aliphatic carbocycles. The number of ether oxygens (including phenoxy) is 1. The van der Waals surface area contributed by atoms with Gasteiger partial charge in [-0.3, -0.25) is 14.4 Å². The molecule has 7 nitrogen and oxygen atoms in total. The van der Waals surface area contributed by atoms with Crippen LogP contribution in [0.15, 0.2) is 60.5 Å². The Balaban J connectivity index is 1.11. The molecule has 0 spiro atoms. The third kappa shape index (κ3) is 4.10. The number of anilines is 1. The smallest absolute Gasteiger partial charge is 0.294 e. The summed E-state index contributed by atoms with van der Waals surface area (Å²) in [7, 11) is 0. The lowest BCUT2D eigenvalue weighted by Crippen LogP contribution is -2.34. The summed E-state index contributed by atoms with van der Waals surface area (Å²) in [4.78, 5) is 17.1. The first-order valence-corrected chi connectivity index (χ1v) is 12.3. The Labute approximate surface area is 199 Å². The highest BCUT2D eigenvalue weighted by molar-refractivity contribution is 6.08. The lowest BCUT2D eigenvalue weighted by molar-refractivity contribution is -0.116. The fourth-order valence-electron chi connectivity index (χ4n) is 5.18. The largest absolute Gasteiger partial charge is 0.452 e. The monoisotopic (exact) mass is 458 g/mol. The van der Waals surface area contributed by atoms with Crippen LogP contribution in [-0.4, -0.2) is 58.0 Å². The number of carbonyl (C=O) groups excluding carboxylic acids is 1. The Hall–Kier alpha value is -3.16. The first kappa shape index (κ1) is 21.4. The molecule has 0 radical (unpaired) electrons. The van der Waals surface area contributed by atoms with E-state index in [1.807, 2.05) is 47.3 Å². The van der Waals surface area contributed by atoms with Crippen molar-refractivity contribution in [2.24, 2.45) is 0 Å². The molecule has 2 aromatic carbocycles. The van der Waals surface area contributed by atoms with Crippen molar-refractivity contribution >= 4 is 22.5 Å². The molecule has 1 aromatic heterocycles. The molecule has 3 aromatic rings. The molecule has 0 unspecified atom stereocenters. The quantitative estimate of drug-likeness (QED) is 0.558. The van der Waals surface area contributed by atoms with Gasteiger partial charge in [0.05, 0.1) is 24.9 Å². The van der Waals surface area contributed by atoms with E-state index in [9.17, 15) is 9.90 Å². The molecule has 1 N–H and O–H groups in total. The minimum absolute atomic E-state index is 0.123. The Morgan fingerprint density at radius 3 is 2.71 bits per heavy atom. The lowest BCUT2D eigenvalue weighted by Gasteiger charge is -2.22. The number of fused-ring (bicyclic) bond motifs is 1. The summed E-state index contributed by atoms with van der Waals surface area (Å²) in [5.41, 5.74) is 3.24. The molecule has 1 saturated carbocycles. The van der Waals surface area contributed by atoms with E-state index in [0.717, 1.165) is 49.1 Å². The highest BCUT2D eigenvalue weighted by atomic mass is 16.5. The molecule has 176 valence electrons. The van der Waals surface area contributed by atoms with Crippen molar-refractivity contribution in [3.8, 4) is 5.75 Å². The molecule has 6 rings (SSSR count). The third-order valence-corrected chi connectivity index (χ3v) is 7.32. The molecule has 34 heavy (non-hydrogen) atoms. The lowest BCUT2D eigenvalue weighted by atomic mass is 10.1. The average molecular weight is 459 g/mol. The number of aromatic nitrogens is 2. The molecular formula is C27H30N4O3. The second-order valence-electron chi connectivity index (χ2n) is 9.55. The van der Waals surface area contributed by atoms with Crippen molar-refractivity contribution in [3.05, 3.63) is 66.1 Å². The van der Waals surface area contributed by atoms with E-state index >= 15 is 0 Å². The molecule has 2 aliphatic heterocycles. The van der Waals surface area contributed by atoms with Crippen LogP contribution in [0, 0.1) is 0 Å². The van der Waals surface area contributed by atoms with Crippen molar-refractivity contribution in [3.63, 3.8) is 0 Å². The molecule has 1 atom stereocenters. The fraction of sp³-hybridized carbons (Fsp3) is 0.407. The molecule has 1 saturated heterocycles. The van der Waals surface area contributed by atoms with Crippen LogP contribution in [0.4, 0.5) is 5.69 Å². The zero-order valence-electron chi connectivity index (χ0n) is 19.3. The van der Waals surface area contributed by atoms with Gasteiger partial charge in [-0.1, -0.05) is 12.1 Å². The zero-order valence-corrected chi connectivity index (χ0v) is 19.3. The Bertz CT molecular complexity index is 1230. The summed E-state index contributed by atoms with van der Waals surface area (Å²) in [6.45, 7) is 3.40. The van der Waals surface area contributed by atoms with Crippen molar-refractivity contribution in [2.45, 2.75) is 44.2 Å². The van der Waals surface area contributed by atoms with Gasteiger partial charge in [0.1, 0.15) is 5.75 Å². The van der Waals surface area contributed by atoms with E-state index < -0.39 is 0 Å². The predicted octanol–water partition coefficient (Wildman–Crippen LogP) is 3.68. The van der Waals surface area contributed by atoms with Gasteiger partial charge in [-0.05, 0) is 80.1 Å². The summed E-state index contributed by atoms with van der Waals surface area (Å²) in [5, 5.41) is 15.1. The summed E-state index contributed by atoms with van der Waals surface area (Å²) in [6, 6.07) is 14.4. The second kappa shape index (κ2) is 8.89. The summed E-state index contributed by atoms with van der Waals surface area (Å²) in [5.74, 6) is 1.65. The molecule has 7 heteroatoms. The zero-order chi connectivity index (χ0) is 23.1. The molecule has 0 bridgehead atoms. The number of aliphatic hydroxyl groups excluding tert-OH is 1. The van der Waals surface area contributed by atoms with Gasteiger partial charge >= 0.3 is 0 Å². The number of hydrogen-bond donors (Lipinski definition) is 1. The number of nitrogens with zero attached hydrogens (tertiary/aromatic N) is 4. The van der Waals surface area contributed by atoms with Gasteiger partial charge in [-0.25, -0.2) is 0 Å². The van der Waals surface area contributed by atoms with Crippen LogP contribution >= 0.6 is 0 Å². The van der Waals surface area contributed by atoms with Crippen LogP contribution in [-0.2, 0) is 11.3 Å². The number of aliphatic hydroxyl groups is 1. The van der Waals surface area contributed by atoms with E-state index in [4.69, 9.17) is 4.74 Å². The third-order valence-electron chi connectivity index (χ3n) is 7.32. The maximum Gasteiger partial charge on any atom is 0.294 e. The number of hydrogen-bond acceptors (Lipinski definition) is 5. The standard InChI is InChI=1S/C27H30N4O3/c32-18-23-2-1-12-29(23)14-15-31-25-10-7-22(16-21(25)17-28-31)30-13-11-26(27(30)33)34-24-8-5-20(6-9-24)19-3-4-19/h5-11,16-17,19,23,32H,1-4,12-15,18H2/t23-/m0/s1. The van der Waals surface area contributed by atoms with Gasteiger partial charge in [0.25, 0.3) is 5.91 Å². The summed E-state index contributed by atoms with van der Waals surface area (Å²) in [6.07, 6.45) is 8.45. The normalized spacial score (nSPS) is 21.0. The fourth-order valence-corrected chi connectivity index (χ4v) is 5.18. The highest BCUT2D eigenvalue weighted by Gasteiger charge is 2.28. The van der Waals surface area contributed by atoms with Crippen LogP contribution in [0.5, 0.6) is 5.75 Å². The van der Waals surface area contributed by atoms with E-state index in [1.165, 1.54) is 18.4 Å². The number of carbonyl (C=O) groups is 1. The highest BCUT2D eigenvalue weighted by Crippen LogP contribution is 2.40. The number of likely N-dealkylation sites (tertiary alicyclic amines) is 1. The number of amides is 1. The van der Waals surface area contributed by atoms with E-state index in [0.29, 0.717) is 24.0 Å². The van der Waals surface area contributed by atoms with Crippen molar-refractivity contribution in [1.82, 2.24) is 14.7 Å². The molecule has 1 amide bonds. The van der Waals surface area contributed by atoms with Crippen molar-refractivity contribution < 1.29 is 14.6 Å². The Morgan fingerprint density at radius 2 is 1.91 bits per heavy atom. The van der Waals surface area contributed by atoms with Crippen LogP contribution in [0.2, 0.25) is 0 Å². The van der Waals surface area contributed by atoms with Crippen molar-refractivity contribution in [1.29, 1.82) is 0 Å². The van der Waals surface area contributed by atoms with E-state index in [1.54, 1.807) is 4.90 Å². The van der Waals surface area contributed by atoms with E-state index in [-0.39, 0.29) is 18.6 Å². The number of rotatable bonds is 8. The Morgan fingerprint density at radius 1 is 1.06 bits per heavy atom. The molecule has 3 heterocycles. The molecule has 3 aliphatic rings. The van der Waals surface area contributed by atoms with Gasteiger partial charge in [0.2, 0.25) is 0 Å². The van der Waals surface area contributed by atoms with Gasteiger partial charge < -0.3 is 14.7 Å². The minimum atomic E-state index is -0.123. The second-order valence-corrected chi connectivity index (χ2v) is 9.55. The SMILES string of the molecule is O=C1C(Oc2ccc(C3CC3)cc2)=CCN1c1ccc2c(cnn2CCN2CCC[C@H]2CO)c1. The van der Waals surface area contributed by atoms with Crippen LogP contribution in [0.3, 0.4) is 0 Å². The van der Waals surface area contributed by atoms with Gasteiger partial charge in [-0.2, -0.15) is 5.10 Å². The van der Waals surface area contributed by atoms with E-state index in [2.05, 4.69) is 22.1 Å². The summed E-state index contributed by atoms with van der Waals surface area (Å²) < 4.78 is 7.93. The van der Waals surface area contributed by atoms with Crippen LogP contribution in [0.25, 0.3) is 10.9 Å². The predicted molar refractivity (Wildman–Crippen MR) is 131 cm³/mol. The number of benzene rings is 2. The Kier molecular flexibility index (Phi) is 5.59. The van der Waals surface area contributed by atoms with Gasteiger partial charge in [0.15, 0.2) is 5.76 Å². The molecule has 2 fully saturated rings. The maximum atomic E-state index is 13.0. The molecular weight excluding hydrogens is 428 g/mol. The first-order valence-electron chi connectivity index (χ1n) is 12.3. The van der Waals surface area contributed by atoms with Gasteiger partial charge in [-0.15, -0.1) is 0 Å².